The summed E-state index contributed by atoms with van der Waals surface area (Å²) in [4.78, 5) is 17.3. The molecule has 0 amide bonds. The lowest BCUT2D eigenvalue weighted by Crippen LogP contribution is -2.20. The quantitative estimate of drug-likeness (QED) is 0.266. The van der Waals surface area contributed by atoms with Gasteiger partial charge in [-0.15, -0.1) is 0 Å². The highest BCUT2D eigenvalue weighted by atomic mass is 16.7. The molecule has 33 heavy (non-hydrogen) atoms. The van der Waals surface area contributed by atoms with E-state index in [-0.39, 0.29) is 11.9 Å². The molecule has 1 aliphatic carbocycles. The first-order valence-corrected chi connectivity index (χ1v) is 11.5. The van der Waals surface area contributed by atoms with Crippen LogP contribution in [0, 0.1) is 0 Å². The maximum atomic E-state index is 12.0. The fourth-order valence-electron chi connectivity index (χ4n) is 4.61. The van der Waals surface area contributed by atoms with Crippen LogP contribution in [-0.4, -0.2) is 16.8 Å². The molecule has 1 heterocycles. The van der Waals surface area contributed by atoms with E-state index in [9.17, 15) is 4.79 Å². The number of hydrogen-bond acceptors (Lipinski definition) is 5. The molecule has 5 heteroatoms. The molecule has 1 unspecified atom stereocenters. The number of hydrogen-bond donors (Lipinski definition) is 0. The predicted molar refractivity (Wildman–Crippen MR) is 128 cm³/mol. The molecule has 5 rings (SSSR count). The Balaban J connectivity index is 1.52. The summed E-state index contributed by atoms with van der Waals surface area (Å²) < 4.78 is 5.84. The van der Waals surface area contributed by atoms with Crippen molar-refractivity contribution in [1.82, 2.24) is 5.16 Å². The third-order valence-corrected chi connectivity index (χ3v) is 6.21. The lowest BCUT2D eigenvalue weighted by Gasteiger charge is -2.22. The smallest absolute Gasteiger partial charge is 0.335 e. The van der Waals surface area contributed by atoms with E-state index in [1.165, 1.54) is 21.9 Å². The molecule has 3 aromatic carbocycles. The molecule has 0 N–H and O–H groups in total. The molecule has 1 aliphatic rings. The second-order valence-electron chi connectivity index (χ2n) is 8.51. The molecular formula is C28H26N2O3. The van der Waals surface area contributed by atoms with Crippen molar-refractivity contribution < 1.29 is 14.2 Å². The number of benzene rings is 3. The van der Waals surface area contributed by atoms with Crippen LogP contribution in [0.25, 0.3) is 10.8 Å². The highest BCUT2D eigenvalue weighted by Gasteiger charge is 2.32. The zero-order chi connectivity index (χ0) is 22.6. The zero-order valence-electron chi connectivity index (χ0n) is 18.7. The van der Waals surface area contributed by atoms with Crippen LogP contribution < -0.4 is 0 Å². The SMILES string of the molecule is CCCC(=O)ON=C1CC(c2ccccc2)Cc2onc(Cc3cccc4ccccc34)c21. The van der Waals surface area contributed by atoms with Crippen LogP contribution in [-0.2, 0) is 22.5 Å². The van der Waals surface area contributed by atoms with E-state index in [0.29, 0.717) is 19.3 Å². The highest BCUT2D eigenvalue weighted by Crippen LogP contribution is 2.36. The molecule has 1 atom stereocenters. The number of rotatable bonds is 6. The Morgan fingerprint density at radius 3 is 2.67 bits per heavy atom. The second-order valence-corrected chi connectivity index (χ2v) is 8.51. The number of nitrogens with zero attached hydrogens (tertiary/aromatic N) is 2. The average Bonchev–Trinajstić information content (AvgIpc) is 3.26. The minimum atomic E-state index is -0.319. The van der Waals surface area contributed by atoms with Crippen molar-refractivity contribution in [2.75, 3.05) is 0 Å². The van der Waals surface area contributed by atoms with E-state index in [1.54, 1.807) is 0 Å². The van der Waals surface area contributed by atoms with E-state index in [4.69, 9.17) is 9.36 Å². The maximum absolute atomic E-state index is 12.0. The zero-order valence-corrected chi connectivity index (χ0v) is 18.7. The van der Waals surface area contributed by atoms with Crippen LogP contribution in [0.15, 0.2) is 82.5 Å². The van der Waals surface area contributed by atoms with Crippen molar-refractivity contribution in [2.24, 2.45) is 5.16 Å². The Kier molecular flexibility index (Phi) is 6.03. The van der Waals surface area contributed by atoms with Crippen LogP contribution in [0.3, 0.4) is 0 Å². The minimum absolute atomic E-state index is 0.195. The summed E-state index contributed by atoms with van der Waals surface area (Å²) in [6, 6.07) is 25.0. The van der Waals surface area contributed by atoms with Gasteiger partial charge >= 0.3 is 5.97 Å². The third kappa shape index (κ3) is 4.44. The van der Waals surface area contributed by atoms with Gasteiger partial charge in [-0.05, 0) is 34.2 Å². The highest BCUT2D eigenvalue weighted by molar-refractivity contribution is 6.04. The summed E-state index contributed by atoms with van der Waals surface area (Å²) in [6.45, 7) is 1.95. The molecule has 0 spiro atoms. The van der Waals surface area contributed by atoms with Gasteiger partial charge in [0.15, 0.2) is 0 Å². The first-order chi connectivity index (χ1) is 16.2. The number of carbonyl (C=O) groups is 1. The first kappa shape index (κ1) is 21.1. The lowest BCUT2D eigenvalue weighted by atomic mass is 9.81. The molecule has 0 saturated heterocycles. The van der Waals surface area contributed by atoms with Gasteiger partial charge in [0.1, 0.15) is 5.76 Å². The Morgan fingerprint density at radius 2 is 1.82 bits per heavy atom. The molecule has 0 radical (unpaired) electrons. The minimum Gasteiger partial charge on any atom is -0.360 e. The third-order valence-electron chi connectivity index (χ3n) is 6.21. The van der Waals surface area contributed by atoms with Crippen molar-refractivity contribution >= 4 is 22.5 Å². The Morgan fingerprint density at radius 1 is 1.03 bits per heavy atom. The van der Waals surface area contributed by atoms with Crippen LogP contribution >= 0.6 is 0 Å². The molecule has 4 aromatic rings. The van der Waals surface area contributed by atoms with Gasteiger partial charge in [0.25, 0.3) is 0 Å². The van der Waals surface area contributed by atoms with Gasteiger partial charge in [-0.25, -0.2) is 4.79 Å². The van der Waals surface area contributed by atoms with E-state index in [2.05, 4.69) is 58.8 Å². The largest absolute Gasteiger partial charge is 0.360 e. The standard InChI is InChI=1S/C28H26N2O3/c1-2-9-27(31)33-30-25-17-22(19-10-4-3-5-11-19)18-26-28(25)24(29-32-26)16-21-14-8-13-20-12-6-7-15-23(20)21/h3-8,10-15,22H,2,9,16-18H2,1H3. The number of fused-ring (bicyclic) bond motifs is 2. The number of aromatic nitrogens is 1. The normalized spacial score (nSPS) is 16.6. The van der Waals surface area contributed by atoms with E-state index >= 15 is 0 Å². The molecule has 5 nitrogen and oxygen atoms in total. The van der Waals surface area contributed by atoms with Gasteiger partial charge < -0.3 is 9.36 Å². The Hall–Kier alpha value is -3.73. The van der Waals surface area contributed by atoms with Gasteiger partial charge in [-0.3, -0.25) is 0 Å². The van der Waals surface area contributed by atoms with Crippen molar-refractivity contribution in [1.29, 1.82) is 0 Å². The van der Waals surface area contributed by atoms with Crippen LogP contribution in [0.1, 0.15) is 60.2 Å². The molecule has 0 aliphatic heterocycles. The summed E-state index contributed by atoms with van der Waals surface area (Å²) in [5.41, 5.74) is 4.84. The van der Waals surface area contributed by atoms with Gasteiger partial charge in [0.2, 0.25) is 0 Å². The van der Waals surface area contributed by atoms with Crippen molar-refractivity contribution in [2.45, 2.75) is 44.9 Å². The molecule has 0 bridgehead atoms. The van der Waals surface area contributed by atoms with Gasteiger partial charge in [0.05, 0.1) is 17.0 Å². The predicted octanol–water partition coefficient (Wildman–Crippen LogP) is 6.20. The van der Waals surface area contributed by atoms with Crippen LogP contribution in [0.4, 0.5) is 0 Å². The molecule has 1 aromatic heterocycles. The summed E-state index contributed by atoms with van der Waals surface area (Å²) in [5, 5.41) is 11.2. The van der Waals surface area contributed by atoms with Crippen molar-refractivity contribution in [3.63, 3.8) is 0 Å². The van der Waals surface area contributed by atoms with Gasteiger partial charge in [-0.1, -0.05) is 90.0 Å². The Labute approximate surface area is 193 Å². The monoisotopic (exact) mass is 438 g/mol. The van der Waals surface area contributed by atoms with Crippen molar-refractivity contribution in [3.8, 4) is 0 Å². The fraction of sp³-hybridized carbons (Fsp3) is 0.250. The maximum Gasteiger partial charge on any atom is 0.335 e. The summed E-state index contributed by atoms with van der Waals surface area (Å²) in [5.74, 6) is 0.678. The van der Waals surface area contributed by atoms with Crippen LogP contribution in [0.2, 0.25) is 0 Å². The topological polar surface area (TPSA) is 64.7 Å². The number of oxime groups is 1. The molecular weight excluding hydrogens is 412 g/mol. The van der Waals surface area contributed by atoms with Gasteiger partial charge in [0, 0.05) is 25.7 Å². The van der Waals surface area contributed by atoms with Crippen molar-refractivity contribution in [3.05, 3.63) is 101 Å². The van der Waals surface area contributed by atoms with Gasteiger partial charge in [-0.2, -0.15) is 0 Å². The summed E-state index contributed by atoms with van der Waals surface area (Å²) >= 11 is 0. The van der Waals surface area contributed by atoms with E-state index in [0.717, 1.165) is 35.6 Å². The fourth-order valence-corrected chi connectivity index (χ4v) is 4.61. The molecule has 0 saturated carbocycles. The summed E-state index contributed by atoms with van der Waals surface area (Å²) in [6.07, 6.45) is 3.10. The van der Waals surface area contributed by atoms with E-state index in [1.807, 2.05) is 31.2 Å². The summed E-state index contributed by atoms with van der Waals surface area (Å²) in [7, 11) is 0. The molecule has 166 valence electrons. The number of carbonyl (C=O) groups excluding carboxylic acids is 1. The first-order valence-electron chi connectivity index (χ1n) is 11.5. The average molecular weight is 439 g/mol. The molecule has 0 fully saturated rings. The second kappa shape index (κ2) is 9.41. The van der Waals surface area contributed by atoms with E-state index < -0.39 is 0 Å². The lowest BCUT2D eigenvalue weighted by molar-refractivity contribution is -0.143. The Bertz CT molecular complexity index is 1300. The van der Waals surface area contributed by atoms with Crippen LogP contribution in [0.5, 0.6) is 0 Å².